The monoisotopic (exact) mass is 331 g/mol. The molecule has 0 atom stereocenters. The van der Waals surface area contributed by atoms with E-state index in [0.717, 1.165) is 0 Å². The number of likely N-dealkylation sites (tertiary alicyclic amines) is 1. The lowest BCUT2D eigenvalue weighted by atomic mass is 9.77. The van der Waals surface area contributed by atoms with Crippen molar-refractivity contribution >= 4 is 21.8 Å². The van der Waals surface area contributed by atoms with Crippen molar-refractivity contribution in [2.24, 2.45) is 5.41 Å². The van der Waals surface area contributed by atoms with Crippen molar-refractivity contribution in [1.29, 1.82) is 0 Å². The number of likely N-dealkylation sites (N-methyl/N-ethyl adjacent to an activating group) is 1. The van der Waals surface area contributed by atoms with E-state index < -0.39 is 15.4 Å². The minimum atomic E-state index is -3.18. The van der Waals surface area contributed by atoms with E-state index in [1.165, 1.54) is 9.21 Å². The first kappa shape index (κ1) is 17.2. The Kier molecular flexibility index (Phi) is 4.81. The second-order valence-corrected chi connectivity index (χ2v) is 8.60. The Morgan fingerprint density at radius 3 is 2.23 bits per heavy atom. The molecular weight excluding hydrogens is 306 g/mol. The van der Waals surface area contributed by atoms with Gasteiger partial charge in [-0.25, -0.2) is 12.7 Å². The molecule has 0 unspecified atom stereocenters. The molecule has 0 aliphatic carbocycles. The fourth-order valence-corrected chi connectivity index (χ4v) is 4.29. The molecule has 2 rings (SSSR count). The van der Waals surface area contributed by atoms with E-state index in [0.29, 0.717) is 38.9 Å². The van der Waals surface area contributed by atoms with E-state index in [9.17, 15) is 18.0 Å². The lowest BCUT2D eigenvalue weighted by Gasteiger charge is -2.37. The molecule has 1 spiro atoms. The summed E-state index contributed by atoms with van der Waals surface area (Å²) in [7, 11) is 0.166. The zero-order valence-corrected chi connectivity index (χ0v) is 14.4. The van der Waals surface area contributed by atoms with Crippen molar-refractivity contribution in [2.75, 3.05) is 46.0 Å². The summed E-state index contributed by atoms with van der Waals surface area (Å²) in [5, 5.41) is 0. The predicted molar refractivity (Wildman–Crippen MR) is 82.6 cm³/mol. The maximum Gasteiger partial charge on any atom is 0.241 e. The maximum atomic E-state index is 12.7. The summed E-state index contributed by atoms with van der Waals surface area (Å²) in [5.74, 6) is 0.0184. The van der Waals surface area contributed by atoms with Crippen molar-refractivity contribution in [1.82, 2.24) is 14.1 Å². The standard InChI is InChI=1S/C14H25N3O4S/c1-4-22(20,21)17-9-6-14(7-10-17)5-8-16(13(14)19)11-12(18)15(2)3/h4-11H2,1-3H3. The Bertz CT molecular complexity index is 550. The van der Waals surface area contributed by atoms with Crippen molar-refractivity contribution in [3.05, 3.63) is 0 Å². The normalized spacial score (nSPS) is 22.3. The molecule has 0 bridgehead atoms. The van der Waals surface area contributed by atoms with Crippen LogP contribution in [0.2, 0.25) is 0 Å². The molecule has 0 N–H and O–H groups in total. The van der Waals surface area contributed by atoms with Crippen LogP contribution in [0.25, 0.3) is 0 Å². The number of sulfonamides is 1. The first-order valence-electron chi connectivity index (χ1n) is 7.69. The Labute approximate surface area is 132 Å². The van der Waals surface area contributed by atoms with E-state index >= 15 is 0 Å². The van der Waals surface area contributed by atoms with Gasteiger partial charge in [0.15, 0.2) is 0 Å². The van der Waals surface area contributed by atoms with E-state index in [2.05, 4.69) is 0 Å². The summed E-state index contributed by atoms with van der Waals surface area (Å²) < 4.78 is 25.3. The summed E-state index contributed by atoms with van der Waals surface area (Å²) in [4.78, 5) is 27.5. The molecule has 0 radical (unpaired) electrons. The van der Waals surface area contributed by atoms with Crippen molar-refractivity contribution in [3.63, 3.8) is 0 Å². The Morgan fingerprint density at radius 1 is 1.18 bits per heavy atom. The number of piperidine rings is 1. The minimum Gasteiger partial charge on any atom is -0.347 e. The highest BCUT2D eigenvalue weighted by Gasteiger charge is 2.49. The smallest absolute Gasteiger partial charge is 0.241 e. The van der Waals surface area contributed by atoms with Gasteiger partial charge in [-0.15, -0.1) is 0 Å². The van der Waals surface area contributed by atoms with Crippen LogP contribution in [0, 0.1) is 5.41 Å². The Morgan fingerprint density at radius 2 is 1.73 bits per heavy atom. The molecule has 7 nitrogen and oxygen atoms in total. The van der Waals surface area contributed by atoms with Gasteiger partial charge >= 0.3 is 0 Å². The average molecular weight is 331 g/mol. The summed E-state index contributed by atoms with van der Waals surface area (Å²) in [6.45, 7) is 3.13. The molecule has 2 aliphatic rings. The van der Waals surface area contributed by atoms with Crippen LogP contribution in [0.15, 0.2) is 0 Å². The molecule has 2 heterocycles. The predicted octanol–water partition coefficient (Wildman–Crippen LogP) is -0.261. The van der Waals surface area contributed by atoms with Gasteiger partial charge < -0.3 is 9.80 Å². The fourth-order valence-electron chi connectivity index (χ4n) is 3.19. The Hall–Kier alpha value is -1.15. The number of hydrogen-bond donors (Lipinski definition) is 0. The van der Waals surface area contributed by atoms with Crippen molar-refractivity contribution < 1.29 is 18.0 Å². The highest BCUT2D eigenvalue weighted by molar-refractivity contribution is 7.89. The van der Waals surface area contributed by atoms with Crippen molar-refractivity contribution in [3.8, 4) is 0 Å². The molecule has 0 saturated carbocycles. The molecule has 0 aromatic rings. The maximum absolute atomic E-state index is 12.7. The van der Waals surface area contributed by atoms with Crippen LogP contribution in [0.1, 0.15) is 26.2 Å². The highest BCUT2D eigenvalue weighted by Crippen LogP contribution is 2.41. The largest absolute Gasteiger partial charge is 0.347 e. The van der Waals surface area contributed by atoms with E-state index in [1.54, 1.807) is 25.9 Å². The summed E-state index contributed by atoms with van der Waals surface area (Å²) in [5.41, 5.74) is -0.466. The van der Waals surface area contributed by atoms with Gasteiger partial charge in [-0.1, -0.05) is 0 Å². The van der Waals surface area contributed by atoms with Crippen LogP contribution in [-0.4, -0.2) is 80.4 Å². The number of nitrogens with zero attached hydrogens (tertiary/aromatic N) is 3. The highest BCUT2D eigenvalue weighted by atomic mass is 32.2. The second-order valence-electron chi connectivity index (χ2n) is 6.34. The molecule has 2 amide bonds. The summed E-state index contributed by atoms with van der Waals surface area (Å²) >= 11 is 0. The third-order valence-electron chi connectivity index (χ3n) is 4.86. The SMILES string of the molecule is CCS(=O)(=O)N1CCC2(CCN(CC(=O)N(C)C)C2=O)CC1. The number of rotatable bonds is 4. The zero-order chi connectivity index (χ0) is 16.5. The molecule has 126 valence electrons. The Balaban J connectivity index is 2.00. The van der Waals surface area contributed by atoms with Crippen LogP contribution in [0.4, 0.5) is 0 Å². The molecule has 2 aliphatic heterocycles. The van der Waals surface area contributed by atoms with E-state index in [1.807, 2.05) is 0 Å². The minimum absolute atomic E-state index is 0.0104. The third-order valence-corrected chi connectivity index (χ3v) is 6.75. The van der Waals surface area contributed by atoms with Gasteiger partial charge in [0.25, 0.3) is 0 Å². The number of amides is 2. The number of hydrogen-bond acceptors (Lipinski definition) is 4. The second kappa shape index (κ2) is 6.16. The van der Waals surface area contributed by atoms with Crippen LogP contribution in [-0.2, 0) is 19.6 Å². The van der Waals surface area contributed by atoms with Crippen LogP contribution in [0.3, 0.4) is 0 Å². The van der Waals surface area contributed by atoms with Gasteiger partial charge in [-0.2, -0.15) is 0 Å². The fraction of sp³-hybridized carbons (Fsp3) is 0.857. The summed E-state index contributed by atoms with van der Waals surface area (Å²) in [6.07, 6.45) is 1.82. The van der Waals surface area contributed by atoms with Gasteiger partial charge in [0.2, 0.25) is 21.8 Å². The first-order chi connectivity index (χ1) is 10.2. The topological polar surface area (TPSA) is 78.0 Å². The molecule has 22 heavy (non-hydrogen) atoms. The van der Waals surface area contributed by atoms with Gasteiger partial charge in [0, 0.05) is 33.7 Å². The van der Waals surface area contributed by atoms with E-state index in [4.69, 9.17) is 0 Å². The molecule has 0 aromatic carbocycles. The quantitative estimate of drug-likeness (QED) is 0.711. The molecule has 0 aromatic heterocycles. The molecule has 2 fully saturated rings. The average Bonchev–Trinajstić information content (AvgIpc) is 2.77. The zero-order valence-electron chi connectivity index (χ0n) is 13.5. The van der Waals surface area contributed by atoms with E-state index in [-0.39, 0.29) is 24.1 Å². The van der Waals surface area contributed by atoms with Crippen LogP contribution in [0.5, 0.6) is 0 Å². The molecule has 8 heteroatoms. The number of carbonyl (C=O) groups is 2. The number of carbonyl (C=O) groups excluding carboxylic acids is 2. The van der Waals surface area contributed by atoms with Gasteiger partial charge in [-0.05, 0) is 26.2 Å². The van der Waals surface area contributed by atoms with Gasteiger partial charge in [0.1, 0.15) is 0 Å². The lowest BCUT2D eigenvalue weighted by molar-refractivity contribution is -0.142. The third kappa shape index (κ3) is 3.12. The first-order valence-corrected chi connectivity index (χ1v) is 9.30. The van der Waals surface area contributed by atoms with Gasteiger partial charge in [-0.3, -0.25) is 9.59 Å². The molecular formula is C14H25N3O4S. The molecule has 2 saturated heterocycles. The summed E-state index contributed by atoms with van der Waals surface area (Å²) in [6, 6.07) is 0. The van der Waals surface area contributed by atoms with Crippen LogP contribution < -0.4 is 0 Å². The van der Waals surface area contributed by atoms with Crippen molar-refractivity contribution in [2.45, 2.75) is 26.2 Å². The van der Waals surface area contributed by atoms with Crippen LogP contribution >= 0.6 is 0 Å². The van der Waals surface area contributed by atoms with Gasteiger partial charge in [0.05, 0.1) is 17.7 Å². The lowest BCUT2D eigenvalue weighted by Crippen LogP contribution is -2.48.